The quantitative estimate of drug-likeness (QED) is 0.728. The molecule has 0 aromatic carbocycles. The second kappa shape index (κ2) is 3.22. The van der Waals surface area contributed by atoms with Crippen LogP contribution in [0.1, 0.15) is 45.4 Å². The van der Waals surface area contributed by atoms with Gasteiger partial charge in [-0.05, 0) is 55.8 Å². The van der Waals surface area contributed by atoms with Gasteiger partial charge in [0, 0.05) is 13.5 Å². The fraction of sp³-hybridized carbons (Fsp3) is 0.923. The van der Waals surface area contributed by atoms with Crippen molar-refractivity contribution < 1.29 is 14.6 Å². The predicted molar refractivity (Wildman–Crippen MR) is 58.7 cm³/mol. The molecule has 3 heteroatoms. The van der Waals surface area contributed by atoms with Crippen molar-refractivity contribution in [3.8, 4) is 0 Å². The van der Waals surface area contributed by atoms with Crippen LogP contribution in [0.25, 0.3) is 0 Å². The molecule has 0 amide bonds. The van der Waals surface area contributed by atoms with E-state index in [9.17, 15) is 9.90 Å². The molecule has 0 saturated heterocycles. The Hall–Kier alpha value is -0.570. The topological polar surface area (TPSA) is 46.5 Å². The number of aliphatic hydroxyl groups is 1. The second-order valence-electron chi connectivity index (χ2n) is 6.40. The molecule has 3 nitrogen and oxygen atoms in total. The fourth-order valence-electron chi connectivity index (χ4n) is 4.97. The SMILES string of the molecule is CC(=O)OC12CC3CC(CC(CO)(C3)C1)C2. The first-order chi connectivity index (χ1) is 7.55. The summed E-state index contributed by atoms with van der Waals surface area (Å²) < 4.78 is 5.63. The van der Waals surface area contributed by atoms with Crippen LogP contribution in [0.15, 0.2) is 0 Å². The van der Waals surface area contributed by atoms with Crippen molar-refractivity contribution in [3.63, 3.8) is 0 Å². The number of esters is 1. The highest BCUT2D eigenvalue weighted by molar-refractivity contribution is 5.66. The Morgan fingerprint density at radius 3 is 2.44 bits per heavy atom. The lowest BCUT2D eigenvalue weighted by molar-refractivity contribution is -0.205. The van der Waals surface area contributed by atoms with E-state index in [1.165, 1.54) is 13.3 Å². The summed E-state index contributed by atoms with van der Waals surface area (Å²) >= 11 is 0. The Labute approximate surface area is 96.2 Å². The van der Waals surface area contributed by atoms with Gasteiger partial charge < -0.3 is 9.84 Å². The maximum Gasteiger partial charge on any atom is 0.303 e. The van der Waals surface area contributed by atoms with Crippen molar-refractivity contribution in [2.75, 3.05) is 6.61 Å². The lowest BCUT2D eigenvalue weighted by Gasteiger charge is -2.60. The number of aliphatic hydroxyl groups excluding tert-OH is 1. The van der Waals surface area contributed by atoms with E-state index in [0.29, 0.717) is 11.8 Å². The van der Waals surface area contributed by atoms with Crippen molar-refractivity contribution in [2.45, 2.75) is 51.0 Å². The van der Waals surface area contributed by atoms with E-state index in [-0.39, 0.29) is 23.6 Å². The van der Waals surface area contributed by atoms with Crippen LogP contribution in [0.3, 0.4) is 0 Å². The molecule has 2 unspecified atom stereocenters. The van der Waals surface area contributed by atoms with E-state index in [1.807, 2.05) is 0 Å². The molecule has 0 aliphatic heterocycles. The van der Waals surface area contributed by atoms with Crippen LogP contribution in [0.2, 0.25) is 0 Å². The lowest BCUT2D eigenvalue weighted by atomic mass is 9.48. The molecule has 1 N–H and O–H groups in total. The fourth-order valence-corrected chi connectivity index (χ4v) is 4.97. The Balaban J connectivity index is 1.89. The summed E-state index contributed by atoms with van der Waals surface area (Å²) in [6.07, 6.45) is 6.52. The zero-order valence-corrected chi connectivity index (χ0v) is 9.87. The highest BCUT2D eigenvalue weighted by Gasteiger charge is 2.59. The van der Waals surface area contributed by atoms with Gasteiger partial charge in [-0.1, -0.05) is 0 Å². The normalized spacial score (nSPS) is 49.4. The molecule has 4 aliphatic carbocycles. The van der Waals surface area contributed by atoms with Gasteiger partial charge in [-0.15, -0.1) is 0 Å². The average Bonchev–Trinajstić information content (AvgIpc) is 2.13. The van der Waals surface area contributed by atoms with Crippen LogP contribution in [0, 0.1) is 17.3 Å². The standard InChI is InChI=1S/C13H20O3/c1-9(15)16-13-5-10-2-11(6-13)4-12(3-10,7-13)8-14/h10-11,14H,2-8H2,1H3. The zero-order chi connectivity index (χ0) is 11.4. The summed E-state index contributed by atoms with van der Waals surface area (Å²) in [5.74, 6) is 1.19. The lowest BCUT2D eigenvalue weighted by Crippen LogP contribution is -2.58. The molecule has 4 fully saturated rings. The molecule has 4 rings (SSSR count). The number of rotatable bonds is 2. The summed E-state index contributed by atoms with van der Waals surface area (Å²) in [6.45, 7) is 1.77. The highest BCUT2D eigenvalue weighted by Crippen LogP contribution is 2.62. The van der Waals surface area contributed by atoms with E-state index in [2.05, 4.69) is 0 Å². The third-order valence-electron chi connectivity index (χ3n) is 4.82. The summed E-state index contributed by atoms with van der Waals surface area (Å²) in [5.41, 5.74) is -0.155. The Kier molecular flexibility index (Phi) is 2.13. The van der Waals surface area contributed by atoms with Gasteiger partial charge in [0.05, 0.1) is 0 Å². The smallest absolute Gasteiger partial charge is 0.303 e. The van der Waals surface area contributed by atoms with Gasteiger partial charge in [0.1, 0.15) is 5.60 Å². The maximum absolute atomic E-state index is 11.2. The summed E-state index contributed by atoms with van der Waals surface area (Å²) in [6, 6.07) is 0. The van der Waals surface area contributed by atoms with Crippen molar-refractivity contribution in [1.82, 2.24) is 0 Å². The molecular weight excluding hydrogens is 204 g/mol. The van der Waals surface area contributed by atoms with E-state index >= 15 is 0 Å². The van der Waals surface area contributed by atoms with Gasteiger partial charge in [-0.3, -0.25) is 4.79 Å². The molecule has 16 heavy (non-hydrogen) atoms. The molecule has 4 bridgehead atoms. The maximum atomic E-state index is 11.2. The Morgan fingerprint density at radius 2 is 1.94 bits per heavy atom. The van der Waals surface area contributed by atoms with Gasteiger partial charge >= 0.3 is 5.97 Å². The molecule has 90 valence electrons. The molecule has 0 radical (unpaired) electrons. The van der Waals surface area contributed by atoms with Gasteiger partial charge in [0.2, 0.25) is 0 Å². The van der Waals surface area contributed by atoms with Gasteiger partial charge in [-0.25, -0.2) is 0 Å². The summed E-state index contributed by atoms with van der Waals surface area (Å²) in [7, 11) is 0. The van der Waals surface area contributed by atoms with Crippen LogP contribution in [0.4, 0.5) is 0 Å². The minimum absolute atomic E-state index is 0.0690. The summed E-state index contributed by atoms with van der Waals surface area (Å²) in [5, 5.41) is 9.64. The molecule has 0 heterocycles. The van der Waals surface area contributed by atoms with Crippen LogP contribution < -0.4 is 0 Å². The number of carbonyl (C=O) groups is 1. The first-order valence-electron chi connectivity index (χ1n) is 6.35. The van der Waals surface area contributed by atoms with Gasteiger partial charge in [0.25, 0.3) is 0 Å². The number of ether oxygens (including phenoxy) is 1. The van der Waals surface area contributed by atoms with Gasteiger partial charge in [0.15, 0.2) is 0 Å². The van der Waals surface area contributed by atoms with Crippen LogP contribution >= 0.6 is 0 Å². The van der Waals surface area contributed by atoms with E-state index in [0.717, 1.165) is 32.1 Å². The first kappa shape index (κ1) is 10.6. The number of hydrogen-bond acceptors (Lipinski definition) is 3. The van der Waals surface area contributed by atoms with Crippen molar-refractivity contribution in [2.24, 2.45) is 17.3 Å². The molecule has 4 aliphatic rings. The molecule has 0 spiro atoms. The average molecular weight is 224 g/mol. The molecule has 2 atom stereocenters. The van der Waals surface area contributed by atoms with E-state index in [1.54, 1.807) is 0 Å². The van der Waals surface area contributed by atoms with Crippen molar-refractivity contribution in [1.29, 1.82) is 0 Å². The highest BCUT2D eigenvalue weighted by atomic mass is 16.6. The van der Waals surface area contributed by atoms with E-state index in [4.69, 9.17) is 4.74 Å². The van der Waals surface area contributed by atoms with Crippen molar-refractivity contribution in [3.05, 3.63) is 0 Å². The van der Waals surface area contributed by atoms with Crippen LogP contribution in [-0.2, 0) is 9.53 Å². The third kappa shape index (κ3) is 1.48. The predicted octanol–water partition coefficient (Wildman–Crippen LogP) is 1.88. The minimum Gasteiger partial charge on any atom is -0.459 e. The molecule has 0 aromatic heterocycles. The largest absolute Gasteiger partial charge is 0.459 e. The van der Waals surface area contributed by atoms with Gasteiger partial charge in [-0.2, -0.15) is 0 Å². The third-order valence-corrected chi connectivity index (χ3v) is 4.82. The van der Waals surface area contributed by atoms with E-state index < -0.39 is 0 Å². The van der Waals surface area contributed by atoms with Crippen LogP contribution in [-0.4, -0.2) is 23.3 Å². The van der Waals surface area contributed by atoms with Crippen molar-refractivity contribution >= 4 is 5.97 Å². The van der Waals surface area contributed by atoms with Crippen LogP contribution in [0.5, 0.6) is 0 Å². The Morgan fingerprint density at radius 1 is 1.31 bits per heavy atom. The summed E-state index contributed by atoms with van der Waals surface area (Å²) in [4.78, 5) is 11.2. The molecular formula is C13H20O3. The Bertz CT molecular complexity index is 309. The number of carbonyl (C=O) groups excluding carboxylic acids is 1. The number of hydrogen-bond donors (Lipinski definition) is 1. The second-order valence-corrected chi connectivity index (χ2v) is 6.40. The first-order valence-corrected chi connectivity index (χ1v) is 6.35. The monoisotopic (exact) mass is 224 g/mol. The molecule has 4 saturated carbocycles. The zero-order valence-electron chi connectivity index (χ0n) is 9.87. The molecule has 0 aromatic rings. The minimum atomic E-state index is -0.224.